The Kier molecular flexibility index (Phi) is 5.55. The Bertz CT molecular complexity index is 461. The van der Waals surface area contributed by atoms with Crippen molar-refractivity contribution in [2.24, 2.45) is 0 Å². The van der Waals surface area contributed by atoms with Gasteiger partial charge in [0.05, 0.1) is 10.6 Å². The average Bonchev–Trinajstić information content (AvgIpc) is 2.89. The number of carbonyl (C=O) groups is 1. The highest BCUT2D eigenvalue weighted by Gasteiger charge is 2.27. The normalized spacial score (nSPS) is 15.7. The third-order valence-electron chi connectivity index (χ3n) is 3.51. The van der Waals surface area contributed by atoms with Gasteiger partial charge in [-0.2, -0.15) is 0 Å². The lowest BCUT2D eigenvalue weighted by Crippen LogP contribution is -2.40. The largest absolute Gasteiger partial charge is 0.334 e. The molecule has 1 aromatic carbocycles. The Morgan fingerprint density at radius 1 is 1.37 bits per heavy atom. The number of halogens is 3. The molecule has 2 rings (SSSR count). The van der Waals surface area contributed by atoms with Gasteiger partial charge in [0.25, 0.3) is 5.91 Å². The topological polar surface area (TPSA) is 20.3 Å². The molecule has 0 radical (unpaired) electrons. The maximum Gasteiger partial charge on any atom is 0.255 e. The lowest BCUT2D eigenvalue weighted by molar-refractivity contribution is 0.0695. The molecule has 0 saturated heterocycles. The highest BCUT2D eigenvalue weighted by molar-refractivity contribution is 9.10. The Balaban J connectivity index is 2.22. The van der Waals surface area contributed by atoms with Crippen LogP contribution in [0.3, 0.4) is 0 Å². The predicted octanol–water partition coefficient (Wildman–Crippen LogP) is 4.73. The first kappa shape index (κ1) is 15.1. The fraction of sp³-hybridized carbons (Fsp3) is 0.500. The number of hydrogen-bond donors (Lipinski definition) is 0. The van der Waals surface area contributed by atoms with Crippen LogP contribution in [0.15, 0.2) is 22.7 Å². The summed E-state index contributed by atoms with van der Waals surface area (Å²) in [4.78, 5) is 14.5. The van der Waals surface area contributed by atoms with Gasteiger partial charge in [0.1, 0.15) is 0 Å². The summed E-state index contributed by atoms with van der Waals surface area (Å²) in [6.07, 6.45) is 4.50. The minimum absolute atomic E-state index is 0.00921. The van der Waals surface area contributed by atoms with E-state index in [9.17, 15) is 4.79 Å². The van der Waals surface area contributed by atoms with Gasteiger partial charge in [-0.3, -0.25) is 4.79 Å². The van der Waals surface area contributed by atoms with Gasteiger partial charge in [0.2, 0.25) is 0 Å². The minimum Gasteiger partial charge on any atom is -0.334 e. The summed E-state index contributed by atoms with van der Waals surface area (Å²) in [7, 11) is 0. The number of nitrogens with zero attached hydrogens (tertiary/aromatic N) is 1. The van der Waals surface area contributed by atoms with E-state index in [2.05, 4.69) is 15.9 Å². The Labute approximate surface area is 132 Å². The summed E-state index contributed by atoms with van der Waals surface area (Å²) in [5.41, 5.74) is 0.557. The number of amides is 1. The second-order valence-electron chi connectivity index (χ2n) is 4.75. The molecule has 0 atom stereocenters. The maximum absolute atomic E-state index is 12.6. The molecule has 1 aromatic rings. The molecule has 1 amide bonds. The summed E-state index contributed by atoms with van der Waals surface area (Å²) >= 11 is 15.4. The van der Waals surface area contributed by atoms with Gasteiger partial charge in [-0.05, 0) is 31.0 Å². The maximum atomic E-state index is 12.6. The van der Waals surface area contributed by atoms with Crippen molar-refractivity contribution >= 4 is 45.0 Å². The van der Waals surface area contributed by atoms with E-state index < -0.39 is 0 Å². The molecule has 19 heavy (non-hydrogen) atoms. The lowest BCUT2D eigenvalue weighted by Gasteiger charge is -2.28. The van der Waals surface area contributed by atoms with Crippen LogP contribution >= 0.6 is 39.1 Å². The van der Waals surface area contributed by atoms with E-state index in [1.165, 1.54) is 12.8 Å². The molecule has 0 aromatic heterocycles. The Hall–Kier alpha value is -0.250. The fourth-order valence-electron chi connectivity index (χ4n) is 2.57. The van der Waals surface area contributed by atoms with Gasteiger partial charge in [0, 0.05) is 22.9 Å². The van der Waals surface area contributed by atoms with Crippen molar-refractivity contribution in [3.05, 3.63) is 33.3 Å². The van der Waals surface area contributed by atoms with Gasteiger partial charge in [-0.25, -0.2) is 0 Å². The fourth-order valence-corrected chi connectivity index (χ4v) is 3.51. The molecule has 0 spiro atoms. The summed E-state index contributed by atoms with van der Waals surface area (Å²) in [5.74, 6) is 0.446. The van der Waals surface area contributed by atoms with Crippen molar-refractivity contribution < 1.29 is 4.79 Å². The Morgan fingerprint density at radius 2 is 2.05 bits per heavy atom. The smallest absolute Gasteiger partial charge is 0.255 e. The van der Waals surface area contributed by atoms with Crippen LogP contribution in [0.25, 0.3) is 0 Å². The quantitative estimate of drug-likeness (QED) is 0.707. The second kappa shape index (κ2) is 6.96. The monoisotopic (exact) mass is 363 g/mol. The molecule has 104 valence electrons. The molecule has 0 heterocycles. The molecule has 0 N–H and O–H groups in total. The third-order valence-corrected chi connectivity index (χ3v) is 4.49. The first-order chi connectivity index (χ1) is 9.13. The SMILES string of the molecule is O=C(c1ccc(Br)cc1Cl)N(CCCl)C1CCCC1. The number of carbonyl (C=O) groups excluding carboxylic acids is 1. The number of benzene rings is 1. The molecule has 1 fully saturated rings. The molecule has 5 heteroatoms. The van der Waals surface area contributed by atoms with Gasteiger partial charge in [0.15, 0.2) is 0 Å². The summed E-state index contributed by atoms with van der Waals surface area (Å²) < 4.78 is 0.874. The van der Waals surface area contributed by atoms with E-state index in [1.807, 2.05) is 11.0 Å². The van der Waals surface area contributed by atoms with Crippen LogP contribution in [-0.2, 0) is 0 Å². The van der Waals surface area contributed by atoms with Gasteiger partial charge in [-0.1, -0.05) is 40.4 Å². The average molecular weight is 365 g/mol. The van der Waals surface area contributed by atoms with Crippen LogP contribution in [0.2, 0.25) is 5.02 Å². The van der Waals surface area contributed by atoms with Gasteiger partial charge < -0.3 is 4.90 Å². The summed E-state index contributed by atoms with van der Waals surface area (Å²) in [6, 6.07) is 5.67. The first-order valence-electron chi connectivity index (χ1n) is 6.45. The van der Waals surface area contributed by atoms with Gasteiger partial charge >= 0.3 is 0 Å². The lowest BCUT2D eigenvalue weighted by atomic mass is 10.1. The third kappa shape index (κ3) is 3.65. The standard InChI is InChI=1S/C14H16BrCl2NO/c15-10-5-6-12(13(17)9-10)14(19)18(8-7-16)11-3-1-2-4-11/h5-6,9,11H,1-4,7-8H2. The second-order valence-corrected chi connectivity index (χ2v) is 6.45. The molecular weight excluding hydrogens is 349 g/mol. The number of rotatable bonds is 4. The highest BCUT2D eigenvalue weighted by Crippen LogP contribution is 2.28. The Morgan fingerprint density at radius 3 is 2.63 bits per heavy atom. The molecule has 1 saturated carbocycles. The van der Waals surface area contributed by atoms with Crippen molar-refractivity contribution in [2.45, 2.75) is 31.7 Å². The molecule has 1 aliphatic rings. The van der Waals surface area contributed by atoms with Crippen molar-refractivity contribution in [1.29, 1.82) is 0 Å². The van der Waals surface area contributed by atoms with E-state index in [0.29, 0.717) is 29.1 Å². The van der Waals surface area contributed by atoms with Crippen LogP contribution in [-0.4, -0.2) is 29.3 Å². The zero-order valence-corrected chi connectivity index (χ0v) is 13.6. The van der Waals surface area contributed by atoms with Crippen molar-refractivity contribution in [3.63, 3.8) is 0 Å². The van der Waals surface area contributed by atoms with E-state index >= 15 is 0 Å². The highest BCUT2D eigenvalue weighted by atomic mass is 79.9. The van der Waals surface area contributed by atoms with Crippen molar-refractivity contribution in [2.75, 3.05) is 12.4 Å². The van der Waals surface area contributed by atoms with E-state index in [4.69, 9.17) is 23.2 Å². The molecule has 1 aliphatic carbocycles. The van der Waals surface area contributed by atoms with Crippen LogP contribution in [0.4, 0.5) is 0 Å². The van der Waals surface area contributed by atoms with Crippen LogP contribution in [0.1, 0.15) is 36.0 Å². The van der Waals surface area contributed by atoms with Gasteiger partial charge in [-0.15, -0.1) is 11.6 Å². The molecule has 0 bridgehead atoms. The molecule has 2 nitrogen and oxygen atoms in total. The minimum atomic E-state index is -0.00921. The van der Waals surface area contributed by atoms with Crippen LogP contribution < -0.4 is 0 Å². The molecule has 0 unspecified atom stereocenters. The number of hydrogen-bond acceptors (Lipinski definition) is 1. The van der Waals surface area contributed by atoms with E-state index in [0.717, 1.165) is 17.3 Å². The zero-order valence-electron chi connectivity index (χ0n) is 10.5. The van der Waals surface area contributed by atoms with Crippen LogP contribution in [0, 0.1) is 0 Å². The molecule has 0 aliphatic heterocycles. The first-order valence-corrected chi connectivity index (χ1v) is 8.16. The molecular formula is C14H16BrCl2NO. The van der Waals surface area contributed by atoms with E-state index in [1.54, 1.807) is 12.1 Å². The summed E-state index contributed by atoms with van der Waals surface area (Å²) in [5, 5.41) is 0.483. The van der Waals surface area contributed by atoms with Crippen molar-refractivity contribution in [1.82, 2.24) is 4.90 Å². The zero-order chi connectivity index (χ0) is 13.8. The van der Waals surface area contributed by atoms with E-state index in [-0.39, 0.29) is 5.91 Å². The number of alkyl halides is 1. The van der Waals surface area contributed by atoms with Crippen molar-refractivity contribution in [3.8, 4) is 0 Å². The summed E-state index contributed by atoms with van der Waals surface area (Å²) in [6.45, 7) is 0.581. The predicted molar refractivity (Wildman–Crippen MR) is 83.2 cm³/mol. The van der Waals surface area contributed by atoms with Crippen LogP contribution in [0.5, 0.6) is 0 Å².